The van der Waals surface area contributed by atoms with Crippen molar-refractivity contribution in [1.82, 2.24) is 0 Å². The monoisotopic (exact) mass is 250 g/mol. The van der Waals surface area contributed by atoms with E-state index in [2.05, 4.69) is 0 Å². The van der Waals surface area contributed by atoms with Crippen molar-refractivity contribution in [3.05, 3.63) is 0 Å². The molecule has 15 heavy (non-hydrogen) atoms. The van der Waals surface area contributed by atoms with Crippen molar-refractivity contribution in [2.24, 2.45) is 5.92 Å². The second-order valence-electron chi connectivity index (χ2n) is 3.63. The summed E-state index contributed by atoms with van der Waals surface area (Å²) in [5.41, 5.74) is 0. The van der Waals surface area contributed by atoms with Gasteiger partial charge in [-0.05, 0) is 13.3 Å². The second kappa shape index (κ2) is 5.14. The Balaban J connectivity index is 4.17. The van der Waals surface area contributed by atoms with Crippen LogP contribution in [0.2, 0.25) is 0 Å². The first kappa shape index (κ1) is 14.7. The molecule has 0 fully saturated rings. The van der Waals surface area contributed by atoms with Gasteiger partial charge in [0.25, 0.3) is 0 Å². The van der Waals surface area contributed by atoms with Crippen LogP contribution in [0.25, 0.3) is 0 Å². The van der Waals surface area contributed by atoms with Gasteiger partial charge in [-0.3, -0.25) is 0 Å². The van der Waals surface area contributed by atoms with Crippen molar-refractivity contribution in [3.8, 4) is 0 Å². The lowest BCUT2D eigenvalue weighted by atomic mass is 10.1. The van der Waals surface area contributed by atoms with Crippen molar-refractivity contribution in [2.45, 2.75) is 32.6 Å². The first-order valence-corrected chi connectivity index (χ1v) is 6.28. The fourth-order valence-corrected chi connectivity index (χ4v) is 2.53. The lowest BCUT2D eigenvalue weighted by Crippen LogP contribution is -2.25. The summed E-state index contributed by atoms with van der Waals surface area (Å²) in [6, 6.07) is 0. The summed E-state index contributed by atoms with van der Waals surface area (Å²) in [6.45, 7) is 1.97. The highest BCUT2D eigenvalue weighted by Crippen LogP contribution is 2.28. The minimum absolute atomic E-state index is 0.515. The smallest absolute Gasteiger partial charge is 0.247 e. The van der Waals surface area contributed by atoms with Gasteiger partial charge in [0.05, 0.1) is 17.4 Å². The lowest BCUT2D eigenvalue weighted by Gasteiger charge is -2.15. The molecule has 0 aromatic carbocycles. The summed E-state index contributed by atoms with van der Waals surface area (Å²) in [5.74, 6) is -3.01. The maximum atomic E-state index is 12.4. The molecule has 0 aliphatic rings. The molecule has 0 spiro atoms. The van der Waals surface area contributed by atoms with Crippen LogP contribution in [-0.4, -0.2) is 32.3 Å². The molecule has 2 atom stereocenters. The molecule has 1 unspecified atom stereocenters. The third kappa shape index (κ3) is 6.70. The van der Waals surface area contributed by atoms with Crippen molar-refractivity contribution in [2.75, 3.05) is 11.5 Å². The lowest BCUT2D eigenvalue weighted by molar-refractivity contribution is -0.169. The van der Waals surface area contributed by atoms with Crippen molar-refractivity contribution in [1.29, 1.82) is 0 Å². The fourth-order valence-electron chi connectivity index (χ4n) is 0.953. The summed E-state index contributed by atoms with van der Waals surface area (Å²) in [6.07, 6.45) is -6.45. The molecule has 0 aromatic heterocycles. The summed E-state index contributed by atoms with van der Waals surface area (Å²) >= 11 is 0. The normalized spacial score (nSPS) is 17.5. The molecule has 0 N–H and O–H groups in total. The van der Waals surface area contributed by atoms with E-state index in [0.29, 0.717) is 0 Å². The average Bonchev–Trinajstić information content (AvgIpc) is 1.95. The third-order valence-electron chi connectivity index (χ3n) is 1.90. The van der Waals surface area contributed by atoms with E-state index in [-0.39, 0.29) is 0 Å². The molecule has 0 aliphatic heterocycles. The molecule has 0 aromatic rings. The van der Waals surface area contributed by atoms with E-state index in [1.165, 1.54) is 0 Å². The maximum Gasteiger partial charge on any atom is 0.391 e. The molecule has 0 saturated heterocycles. The van der Waals surface area contributed by atoms with Gasteiger partial charge in [-0.2, -0.15) is 13.2 Å². The van der Waals surface area contributed by atoms with Crippen LogP contribution in [0, 0.1) is 5.92 Å². The molecule has 0 rings (SSSR count). The van der Waals surface area contributed by atoms with Crippen molar-refractivity contribution >= 4 is 9.84 Å². The predicted octanol–water partition coefficient (Wildman–Crippen LogP) is 2.35. The van der Waals surface area contributed by atoms with Crippen LogP contribution in [0.1, 0.15) is 20.3 Å². The maximum absolute atomic E-state index is 12.4. The van der Waals surface area contributed by atoms with E-state index in [1.54, 1.807) is 0 Å². The van der Waals surface area contributed by atoms with E-state index in [0.717, 1.165) is 13.8 Å². The highest BCUT2D eigenvalue weighted by atomic mass is 32.2. The van der Waals surface area contributed by atoms with Gasteiger partial charge in [-0.25, -0.2) is 12.8 Å². The van der Waals surface area contributed by atoms with Crippen LogP contribution in [0.3, 0.4) is 0 Å². The molecule has 0 saturated carbocycles. The number of hydrogen-bond donors (Lipinski definition) is 0. The molecular weight excluding hydrogens is 236 g/mol. The molecular formula is C8H14F4O2S. The SMILES string of the molecule is CC(F)CS(=O)(=O)CC[C@H](C)C(F)(F)F. The third-order valence-corrected chi connectivity index (χ3v) is 3.73. The Morgan fingerprint density at radius 3 is 2.00 bits per heavy atom. The quantitative estimate of drug-likeness (QED) is 0.702. The van der Waals surface area contributed by atoms with E-state index in [9.17, 15) is 26.0 Å². The van der Waals surface area contributed by atoms with Crippen molar-refractivity contribution in [3.63, 3.8) is 0 Å². The highest BCUT2D eigenvalue weighted by molar-refractivity contribution is 7.91. The van der Waals surface area contributed by atoms with Crippen LogP contribution in [-0.2, 0) is 9.84 Å². The standard InChI is InChI=1S/C8H14F4O2S/c1-6(8(10,11)12)3-4-15(13,14)5-7(2)9/h6-7H,3-5H2,1-2H3/t6-,7?/m0/s1. The number of alkyl halides is 4. The Kier molecular flexibility index (Phi) is 5.02. The van der Waals surface area contributed by atoms with Gasteiger partial charge in [0.1, 0.15) is 6.17 Å². The van der Waals surface area contributed by atoms with Gasteiger partial charge in [0.15, 0.2) is 9.84 Å². The zero-order chi connectivity index (χ0) is 12.3. The van der Waals surface area contributed by atoms with Crippen LogP contribution in [0.15, 0.2) is 0 Å². The summed E-state index contributed by atoms with van der Waals surface area (Å²) in [7, 11) is -3.71. The largest absolute Gasteiger partial charge is 0.391 e. The van der Waals surface area contributed by atoms with E-state index < -0.39 is 46.0 Å². The fraction of sp³-hybridized carbons (Fsp3) is 1.00. The molecule has 2 nitrogen and oxygen atoms in total. The molecule has 0 amide bonds. The Bertz CT molecular complexity index is 282. The predicted molar refractivity (Wildman–Crippen MR) is 49.1 cm³/mol. The van der Waals surface area contributed by atoms with E-state index in [1.807, 2.05) is 0 Å². The zero-order valence-corrected chi connectivity index (χ0v) is 9.33. The van der Waals surface area contributed by atoms with Crippen LogP contribution < -0.4 is 0 Å². The van der Waals surface area contributed by atoms with Gasteiger partial charge >= 0.3 is 6.18 Å². The Morgan fingerprint density at radius 1 is 1.20 bits per heavy atom. The van der Waals surface area contributed by atoms with Gasteiger partial charge < -0.3 is 0 Å². The van der Waals surface area contributed by atoms with Crippen molar-refractivity contribution < 1.29 is 26.0 Å². The minimum atomic E-state index is -4.39. The minimum Gasteiger partial charge on any atom is -0.247 e. The Morgan fingerprint density at radius 2 is 1.67 bits per heavy atom. The molecule has 0 heterocycles. The van der Waals surface area contributed by atoms with Gasteiger partial charge in [-0.1, -0.05) is 6.92 Å². The van der Waals surface area contributed by atoms with Crippen LogP contribution >= 0.6 is 0 Å². The molecule has 7 heteroatoms. The summed E-state index contributed by atoms with van der Waals surface area (Å²) < 4.78 is 70.5. The van der Waals surface area contributed by atoms with E-state index >= 15 is 0 Å². The molecule has 0 aliphatic carbocycles. The summed E-state index contributed by atoms with van der Waals surface area (Å²) in [4.78, 5) is 0. The Labute approximate surface area is 86.6 Å². The molecule has 0 bridgehead atoms. The zero-order valence-electron chi connectivity index (χ0n) is 8.51. The van der Waals surface area contributed by atoms with Crippen LogP contribution in [0.4, 0.5) is 17.6 Å². The summed E-state index contributed by atoms with van der Waals surface area (Å²) in [5, 5.41) is 0. The average molecular weight is 250 g/mol. The molecule has 0 radical (unpaired) electrons. The number of hydrogen-bond acceptors (Lipinski definition) is 2. The first-order valence-electron chi connectivity index (χ1n) is 4.46. The van der Waals surface area contributed by atoms with Gasteiger partial charge in [0.2, 0.25) is 0 Å². The Hall–Kier alpha value is -0.330. The molecule has 92 valence electrons. The topological polar surface area (TPSA) is 34.1 Å². The van der Waals surface area contributed by atoms with Gasteiger partial charge in [-0.15, -0.1) is 0 Å². The first-order chi connectivity index (χ1) is 6.54. The number of halogens is 4. The van der Waals surface area contributed by atoms with Crippen LogP contribution in [0.5, 0.6) is 0 Å². The second-order valence-corrected chi connectivity index (χ2v) is 5.86. The number of sulfone groups is 1. The highest BCUT2D eigenvalue weighted by Gasteiger charge is 2.36. The van der Waals surface area contributed by atoms with Gasteiger partial charge in [0, 0.05) is 0 Å². The number of rotatable bonds is 5. The van der Waals surface area contributed by atoms with E-state index in [4.69, 9.17) is 0 Å².